The Kier molecular flexibility index (Phi) is 4.27. The standard InChI is InChI=1S/C17H24N2O2/c1-2-10-19-11-4-7-13-15(19)9-8-12-5-3-6-14(16(12)13)17(20)18-21/h3,5-6,13,15,21H,2,4,7-11H2,1H3,(H,18,20)/t13-,15+/m1/s1. The highest BCUT2D eigenvalue weighted by molar-refractivity contribution is 5.95. The Morgan fingerprint density at radius 3 is 3.05 bits per heavy atom. The van der Waals surface area contributed by atoms with Crippen molar-refractivity contribution < 1.29 is 10.0 Å². The summed E-state index contributed by atoms with van der Waals surface area (Å²) in [6.07, 6.45) is 5.73. The summed E-state index contributed by atoms with van der Waals surface area (Å²) in [4.78, 5) is 14.6. The van der Waals surface area contributed by atoms with Crippen LogP contribution in [0, 0.1) is 0 Å². The van der Waals surface area contributed by atoms with Gasteiger partial charge in [0.1, 0.15) is 0 Å². The van der Waals surface area contributed by atoms with E-state index in [1.54, 1.807) is 0 Å². The molecule has 0 aromatic heterocycles. The minimum absolute atomic E-state index is 0.375. The van der Waals surface area contributed by atoms with Crippen molar-refractivity contribution in [3.05, 3.63) is 34.9 Å². The average Bonchev–Trinajstić information content (AvgIpc) is 2.53. The average molecular weight is 288 g/mol. The van der Waals surface area contributed by atoms with Gasteiger partial charge < -0.3 is 0 Å². The van der Waals surface area contributed by atoms with Crippen molar-refractivity contribution in [3.8, 4) is 0 Å². The van der Waals surface area contributed by atoms with E-state index < -0.39 is 0 Å². The zero-order valence-corrected chi connectivity index (χ0v) is 12.6. The van der Waals surface area contributed by atoms with Gasteiger partial charge in [0.15, 0.2) is 0 Å². The lowest BCUT2D eigenvalue weighted by molar-refractivity contribution is 0.0698. The number of amides is 1. The molecule has 1 saturated heterocycles. The maximum atomic E-state index is 12.0. The van der Waals surface area contributed by atoms with Gasteiger partial charge in [-0.15, -0.1) is 0 Å². The van der Waals surface area contributed by atoms with E-state index in [1.165, 1.54) is 36.9 Å². The second-order valence-corrected chi connectivity index (χ2v) is 6.21. The molecule has 0 radical (unpaired) electrons. The van der Waals surface area contributed by atoms with Gasteiger partial charge in [-0.25, -0.2) is 5.48 Å². The van der Waals surface area contributed by atoms with Crippen molar-refractivity contribution >= 4 is 5.91 Å². The van der Waals surface area contributed by atoms with E-state index in [-0.39, 0.29) is 5.91 Å². The molecule has 2 aliphatic rings. The highest BCUT2D eigenvalue weighted by Gasteiger charge is 2.37. The summed E-state index contributed by atoms with van der Waals surface area (Å²) in [5.41, 5.74) is 4.94. The number of rotatable bonds is 3. The third-order valence-corrected chi connectivity index (χ3v) is 5.03. The highest BCUT2D eigenvalue weighted by Crippen LogP contribution is 2.42. The highest BCUT2D eigenvalue weighted by atomic mass is 16.5. The number of likely N-dealkylation sites (tertiary alicyclic amines) is 1. The van der Waals surface area contributed by atoms with Crippen molar-refractivity contribution in [1.29, 1.82) is 0 Å². The monoisotopic (exact) mass is 288 g/mol. The maximum absolute atomic E-state index is 12.0. The van der Waals surface area contributed by atoms with Crippen LogP contribution >= 0.6 is 0 Å². The van der Waals surface area contributed by atoms with Crippen LogP contribution in [0.25, 0.3) is 0 Å². The molecular formula is C17H24N2O2. The van der Waals surface area contributed by atoms with E-state index in [9.17, 15) is 4.79 Å². The van der Waals surface area contributed by atoms with E-state index in [0.717, 1.165) is 19.4 Å². The summed E-state index contributed by atoms with van der Waals surface area (Å²) in [6.45, 7) is 4.55. The number of piperidine rings is 1. The van der Waals surface area contributed by atoms with Crippen LogP contribution < -0.4 is 5.48 Å². The summed E-state index contributed by atoms with van der Waals surface area (Å²) < 4.78 is 0. The van der Waals surface area contributed by atoms with Gasteiger partial charge >= 0.3 is 0 Å². The molecule has 1 amide bonds. The summed E-state index contributed by atoms with van der Waals surface area (Å²) in [7, 11) is 0. The van der Waals surface area contributed by atoms with E-state index in [2.05, 4.69) is 17.9 Å². The molecule has 21 heavy (non-hydrogen) atoms. The zero-order chi connectivity index (χ0) is 14.8. The molecule has 2 atom stereocenters. The molecule has 3 rings (SSSR count). The van der Waals surface area contributed by atoms with E-state index in [0.29, 0.717) is 17.5 Å². The third kappa shape index (κ3) is 2.58. The largest absolute Gasteiger partial charge is 0.300 e. The molecular weight excluding hydrogens is 264 g/mol. The Balaban J connectivity index is 1.99. The number of hydrogen-bond donors (Lipinski definition) is 2. The molecule has 0 saturated carbocycles. The first-order valence-corrected chi connectivity index (χ1v) is 8.06. The van der Waals surface area contributed by atoms with Crippen molar-refractivity contribution in [2.75, 3.05) is 13.1 Å². The van der Waals surface area contributed by atoms with Crippen molar-refractivity contribution in [1.82, 2.24) is 10.4 Å². The molecule has 4 nitrogen and oxygen atoms in total. The minimum atomic E-state index is -0.375. The first kappa shape index (κ1) is 14.5. The van der Waals surface area contributed by atoms with Gasteiger partial charge in [0, 0.05) is 17.5 Å². The normalized spacial score (nSPS) is 25.0. The van der Waals surface area contributed by atoms with Gasteiger partial charge in [-0.3, -0.25) is 14.9 Å². The predicted octanol–water partition coefficient (Wildman–Crippen LogP) is 2.71. The molecule has 0 unspecified atom stereocenters. The van der Waals surface area contributed by atoms with E-state index in [4.69, 9.17) is 5.21 Å². The molecule has 1 aliphatic heterocycles. The molecule has 114 valence electrons. The Bertz CT molecular complexity index is 528. The molecule has 0 bridgehead atoms. The Morgan fingerprint density at radius 2 is 2.29 bits per heavy atom. The Morgan fingerprint density at radius 1 is 1.43 bits per heavy atom. The van der Waals surface area contributed by atoms with Crippen LogP contribution in [-0.2, 0) is 6.42 Å². The van der Waals surface area contributed by atoms with Crippen molar-refractivity contribution in [3.63, 3.8) is 0 Å². The van der Waals surface area contributed by atoms with Crippen molar-refractivity contribution in [2.24, 2.45) is 0 Å². The van der Waals surface area contributed by atoms with Gasteiger partial charge in [0.25, 0.3) is 5.91 Å². The minimum Gasteiger partial charge on any atom is -0.300 e. The van der Waals surface area contributed by atoms with Gasteiger partial charge in [-0.2, -0.15) is 0 Å². The third-order valence-electron chi connectivity index (χ3n) is 5.03. The second-order valence-electron chi connectivity index (χ2n) is 6.21. The molecule has 0 spiro atoms. The number of nitrogens with one attached hydrogen (secondary N) is 1. The van der Waals surface area contributed by atoms with E-state index >= 15 is 0 Å². The zero-order valence-electron chi connectivity index (χ0n) is 12.6. The van der Waals surface area contributed by atoms with Crippen LogP contribution in [0.4, 0.5) is 0 Å². The van der Waals surface area contributed by atoms with E-state index in [1.807, 2.05) is 17.6 Å². The number of hydroxylamine groups is 1. The number of benzene rings is 1. The van der Waals surface area contributed by atoms with Gasteiger partial charge in [0.2, 0.25) is 0 Å². The molecule has 1 fully saturated rings. The number of aryl methyl sites for hydroxylation is 1. The molecule has 1 aliphatic carbocycles. The quantitative estimate of drug-likeness (QED) is 0.664. The molecule has 2 N–H and O–H groups in total. The van der Waals surface area contributed by atoms with Gasteiger partial charge in [-0.05, 0) is 62.4 Å². The number of hydrogen-bond acceptors (Lipinski definition) is 3. The fraction of sp³-hybridized carbons (Fsp3) is 0.588. The Hall–Kier alpha value is -1.39. The van der Waals surface area contributed by atoms with Crippen LogP contribution in [0.3, 0.4) is 0 Å². The lowest BCUT2D eigenvalue weighted by Crippen LogP contribution is -2.47. The number of nitrogens with zero attached hydrogens (tertiary/aromatic N) is 1. The lowest BCUT2D eigenvalue weighted by atomic mass is 9.72. The molecule has 1 aromatic carbocycles. The number of fused-ring (bicyclic) bond motifs is 3. The first-order valence-electron chi connectivity index (χ1n) is 8.06. The summed E-state index contributed by atoms with van der Waals surface area (Å²) in [5.74, 6) is 0.0580. The number of carbonyl (C=O) groups excluding carboxylic acids is 1. The number of carbonyl (C=O) groups is 1. The molecule has 1 heterocycles. The van der Waals surface area contributed by atoms with Crippen LogP contribution in [0.2, 0.25) is 0 Å². The maximum Gasteiger partial charge on any atom is 0.274 e. The smallest absolute Gasteiger partial charge is 0.274 e. The van der Waals surface area contributed by atoms with Gasteiger partial charge in [-0.1, -0.05) is 19.1 Å². The topological polar surface area (TPSA) is 52.6 Å². The molecule has 1 aromatic rings. The summed E-state index contributed by atoms with van der Waals surface area (Å²) >= 11 is 0. The Labute approximate surface area is 126 Å². The van der Waals surface area contributed by atoms with Crippen LogP contribution in [0.1, 0.15) is 60.0 Å². The SMILES string of the molecule is CCCN1CCC[C@H]2c3c(cccc3C(=O)NO)CC[C@@H]21. The predicted molar refractivity (Wildman–Crippen MR) is 81.6 cm³/mol. The fourth-order valence-corrected chi connectivity index (χ4v) is 4.24. The van der Waals surface area contributed by atoms with Crippen LogP contribution in [-0.4, -0.2) is 35.1 Å². The molecule has 4 heteroatoms. The first-order chi connectivity index (χ1) is 10.3. The second kappa shape index (κ2) is 6.16. The fourth-order valence-electron chi connectivity index (χ4n) is 4.24. The lowest BCUT2D eigenvalue weighted by Gasteiger charge is -2.45. The summed E-state index contributed by atoms with van der Waals surface area (Å²) in [5, 5.41) is 9.01. The van der Waals surface area contributed by atoms with Crippen molar-refractivity contribution in [2.45, 2.75) is 51.0 Å². The van der Waals surface area contributed by atoms with Crippen LogP contribution in [0.15, 0.2) is 18.2 Å². The van der Waals surface area contributed by atoms with Crippen LogP contribution in [0.5, 0.6) is 0 Å². The van der Waals surface area contributed by atoms with Gasteiger partial charge in [0.05, 0.1) is 0 Å². The summed E-state index contributed by atoms with van der Waals surface area (Å²) in [6, 6.07) is 6.46.